The Bertz CT molecular complexity index is 460. The predicted octanol–water partition coefficient (Wildman–Crippen LogP) is 2.04. The largest absolute Gasteiger partial charge is 0.373 e. The molecular weight excluding hydrogens is 226 g/mol. The third-order valence-corrected chi connectivity index (χ3v) is 4.29. The first kappa shape index (κ1) is 11.5. The van der Waals surface area contributed by atoms with E-state index in [2.05, 4.69) is 15.6 Å². The van der Waals surface area contributed by atoms with Gasteiger partial charge in [0, 0.05) is 13.1 Å². The molecule has 4 nitrogen and oxygen atoms in total. The van der Waals surface area contributed by atoms with Crippen molar-refractivity contribution in [3.05, 3.63) is 23.9 Å². The van der Waals surface area contributed by atoms with Crippen molar-refractivity contribution in [3.63, 3.8) is 0 Å². The number of nitrogens with one attached hydrogen (secondary N) is 2. The van der Waals surface area contributed by atoms with Crippen molar-refractivity contribution in [2.75, 3.05) is 12.4 Å². The van der Waals surface area contributed by atoms with Gasteiger partial charge in [-0.3, -0.25) is 4.79 Å². The zero-order valence-electron chi connectivity index (χ0n) is 10.6. The second kappa shape index (κ2) is 4.59. The second-order valence-electron chi connectivity index (χ2n) is 5.41. The lowest BCUT2D eigenvalue weighted by Crippen LogP contribution is -2.38. The van der Waals surface area contributed by atoms with E-state index in [1.165, 1.54) is 19.3 Å². The van der Waals surface area contributed by atoms with Crippen LogP contribution in [0.15, 0.2) is 18.2 Å². The maximum Gasteiger partial charge on any atom is 0.270 e. The summed E-state index contributed by atoms with van der Waals surface area (Å²) in [6.07, 6.45) is 5.08. The lowest BCUT2D eigenvalue weighted by molar-refractivity contribution is 0.0918. The van der Waals surface area contributed by atoms with Crippen LogP contribution in [0.2, 0.25) is 0 Å². The van der Waals surface area contributed by atoms with Crippen molar-refractivity contribution in [2.24, 2.45) is 11.8 Å². The van der Waals surface area contributed by atoms with Crippen molar-refractivity contribution in [1.82, 2.24) is 10.3 Å². The molecule has 0 saturated heterocycles. The number of carbonyl (C=O) groups is 1. The molecule has 1 amide bonds. The molecule has 1 aromatic heterocycles. The van der Waals surface area contributed by atoms with Crippen LogP contribution in [0.4, 0.5) is 5.82 Å². The highest BCUT2D eigenvalue weighted by molar-refractivity contribution is 5.92. The van der Waals surface area contributed by atoms with Crippen LogP contribution in [0.1, 0.15) is 36.2 Å². The van der Waals surface area contributed by atoms with Gasteiger partial charge in [0.25, 0.3) is 5.91 Å². The Morgan fingerprint density at radius 3 is 2.89 bits per heavy atom. The summed E-state index contributed by atoms with van der Waals surface area (Å²) < 4.78 is 0. The molecule has 0 aliphatic heterocycles. The number of aromatic nitrogens is 1. The summed E-state index contributed by atoms with van der Waals surface area (Å²) in [5, 5.41) is 6.10. The van der Waals surface area contributed by atoms with Gasteiger partial charge in [0.1, 0.15) is 11.5 Å². The molecule has 3 rings (SSSR count). The van der Waals surface area contributed by atoms with E-state index in [0.29, 0.717) is 17.7 Å². The van der Waals surface area contributed by atoms with Crippen molar-refractivity contribution in [2.45, 2.75) is 31.7 Å². The summed E-state index contributed by atoms with van der Waals surface area (Å²) in [5.41, 5.74) is 0.504. The van der Waals surface area contributed by atoms with Crippen LogP contribution in [0, 0.1) is 11.8 Å². The lowest BCUT2D eigenvalue weighted by atomic mass is 9.95. The molecule has 96 valence electrons. The van der Waals surface area contributed by atoms with Gasteiger partial charge < -0.3 is 10.6 Å². The van der Waals surface area contributed by atoms with Gasteiger partial charge in [0.15, 0.2) is 0 Å². The van der Waals surface area contributed by atoms with E-state index in [4.69, 9.17) is 0 Å². The van der Waals surface area contributed by atoms with Crippen LogP contribution in [0.5, 0.6) is 0 Å². The smallest absolute Gasteiger partial charge is 0.270 e. The van der Waals surface area contributed by atoms with E-state index in [0.717, 1.165) is 18.2 Å². The van der Waals surface area contributed by atoms with Gasteiger partial charge in [-0.25, -0.2) is 4.98 Å². The molecule has 18 heavy (non-hydrogen) atoms. The number of anilines is 1. The van der Waals surface area contributed by atoms with Gasteiger partial charge in [0.2, 0.25) is 0 Å². The highest BCUT2D eigenvalue weighted by Crippen LogP contribution is 2.44. The fourth-order valence-electron chi connectivity index (χ4n) is 3.36. The van der Waals surface area contributed by atoms with Crippen LogP contribution >= 0.6 is 0 Å². The number of amides is 1. The predicted molar refractivity (Wildman–Crippen MR) is 70.5 cm³/mol. The maximum atomic E-state index is 12.1. The number of hydrogen-bond donors (Lipinski definition) is 2. The fourth-order valence-corrected chi connectivity index (χ4v) is 3.36. The number of nitrogens with zero attached hydrogens (tertiary/aromatic N) is 1. The van der Waals surface area contributed by atoms with Gasteiger partial charge in [-0.05, 0) is 43.2 Å². The molecule has 2 fully saturated rings. The van der Waals surface area contributed by atoms with Gasteiger partial charge in [-0.2, -0.15) is 0 Å². The molecule has 0 radical (unpaired) electrons. The first-order valence-electron chi connectivity index (χ1n) is 6.72. The van der Waals surface area contributed by atoms with Crippen LogP contribution in [0.25, 0.3) is 0 Å². The Kier molecular flexibility index (Phi) is 2.94. The summed E-state index contributed by atoms with van der Waals surface area (Å²) in [7, 11) is 1.81. The third kappa shape index (κ3) is 2.07. The molecule has 2 aliphatic rings. The molecule has 0 aromatic carbocycles. The number of pyridine rings is 1. The van der Waals surface area contributed by atoms with E-state index >= 15 is 0 Å². The van der Waals surface area contributed by atoms with Gasteiger partial charge >= 0.3 is 0 Å². The molecule has 2 N–H and O–H groups in total. The van der Waals surface area contributed by atoms with Crippen LogP contribution < -0.4 is 10.6 Å². The van der Waals surface area contributed by atoms with E-state index in [-0.39, 0.29) is 5.91 Å². The van der Waals surface area contributed by atoms with E-state index in [1.807, 2.05) is 12.1 Å². The highest BCUT2D eigenvalue weighted by atomic mass is 16.1. The minimum atomic E-state index is -0.0374. The summed E-state index contributed by atoms with van der Waals surface area (Å²) >= 11 is 0. The maximum absolute atomic E-state index is 12.1. The van der Waals surface area contributed by atoms with Crippen molar-refractivity contribution in [3.8, 4) is 0 Å². The van der Waals surface area contributed by atoms with E-state index in [9.17, 15) is 4.79 Å². The molecule has 2 bridgehead atoms. The van der Waals surface area contributed by atoms with Crippen molar-refractivity contribution in [1.29, 1.82) is 0 Å². The molecule has 3 unspecified atom stereocenters. The average molecular weight is 245 g/mol. The molecule has 0 spiro atoms. The average Bonchev–Trinajstić information content (AvgIpc) is 3.01. The summed E-state index contributed by atoms with van der Waals surface area (Å²) in [4.78, 5) is 16.4. The van der Waals surface area contributed by atoms with Crippen molar-refractivity contribution < 1.29 is 4.79 Å². The number of rotatable bonds is 3. The SMILES string of the molecule is CNc1cccc(C(=O)NC2CC3CCC2C3)n1. The number of carbonyl (C=O) groups excluding carboxylic acids is 1. The Balaban J connectivity index is 1.67. The summed E-state index contributed by atoms with van der Waals surface area (Å²) in [5.74, 6) is 2.24. The minimum absolute atomic E-state index is 0.0374. The van der Waals surface area contributed by atoms with Crippen LogP contribution in [-0.2, 0) is 0 Å². The first-order chi connectivity index (χ1) is 8.76. The normalized spacial score (nSPS) is 29.3. The Hall–Kier alpha value is -1.58. The monoisotopic (exact) mass is 245 g/mol. The minimum Gasteiger partial charge on any atom is -0.373 e. The molecule has 1 heterocycles. The van der Waals surface area contributed by atoms with Crippen molar-refractivity contribution >= 4 is 11.7 Å². The van der Waals surface area contributed by atoms with Gasteiger partial charge in [-0.15, -0.1) is 0 Å². The Morgan fingerprint density at radius 1 is 1.33 bits per heavy atom. The zero-order chi connectivity index (χ0) is 12.5. The molecule has 2 saturated carbocycles. The molecule has 1 aromatic rings. The zero-order valence-corrected chi connectivity index (χ0v) is 10.6. The first-order valence-corrected chi connectivity index (χ1v) is 6.72. The highest BCUT2D eigenvalue weighted by Gasteiger charge is 2.40. The molecular formula is C14H19N3O. The standard InChI is InChI=1S/C14H19N3O/c1-15-13-4-2-3-11(16-13)14(18)17-12-8-9-5-6-10(12)7-9/h2-4,9-10,12H,5-8H2,1H3,(H,15,16)(H,17,18). The van der Waals surface area contributed by atoms with E-state index < -0.39 is 0 Å². The van der Waals surface area contributed by atoms with Gasteiger partial charge in [0.05, 0.1) is 0 Å². The molecule has 2 aliphatic carbocycles. The molecule has 3 atom stereocenters. The Morgan fingerprint density at radius 2 is 2.22 bits per heavy atom. The van der Waals surface area contributed by atoms with Gasteiger partial charge in [-0.1, -0.05) is 12.5 Å². The summed E-state index contributed by atoms with van der Waals surface area (Å²) in [6, 6.07) is 5.85. The second-order valence-corrected chi connectivity index (χ2v) is 5.41. The third-order valence-electron chi connectivity index (χ3n) is 4.29. The molecule has 4 heteroatoms. The number of hydrogen-bond acceptors (Lipinski definition) is 3. The lowest BCUT2D eigenvalue weighted by Gasteiger charge is -2.22. The van der Waals surface area contributed by atoms with E-state index in [1.54, 1.807) is 13.1 Å². The number of fused-ring (bicyclic) bond motifs is 2. The fraction of sp³-hybridized carbons (Fsp3) is 0.571. The topological polar surface area (TPSA) is 54.0 Å². The summed E-state index contributed by atoms with van der Waals surface area (Å²) in [6.45, 7) is 0. The Labute approximate surface area is 107 Å². The van der Waals surface area contributed by atoms with Crippen LogP contribution in [-0.4, -0.2) is 24.0 Å². The quantitative estimate of drug-likeness (QED) is 0.857. The van der Waals surface area contributed by atoms with Crippen LogP contribution in [0.3, 0.4) is 0 Å².